The van der Waals surface area contributed by atoms with Crippen molar-refractivity contribution in [3.63, 3.8) is 0 Å². The SMILES string of the molecule is CN1CCC(c2cnc(NCc3c(F)ccc4c3CCO4)n3cnnc23)=C2CCCCCCCCCC21. The van der Waals surface area contributed by atoms with E-state index in [0.717, 1.165) is 48.3 Å². The fourth-order valence-corrected chi connectivity index (χ4v) is 6.47. The van der Waals surface area contributed by atoms with Gasteiger partial charge in [-0.05, 0) is 56.0 Å². The van der Waals surface area contributed by atoms with Crippen LogP contribution in [0.4, 0.5) is 10.3 Å². The Labute approximate surface area is 218 Å². The first-order valence-corrected chi connectivity index (χ1v) is 14.0. The van der Waals surface area contributed by atoms with E-state index in [-0.39, 0.29) is 5.82 Å². The molecule has 0 bridgehead atoms. The van der Waals surface area contributed by atoms with Crippen LogP contribution in [-0.4, -0.2) is 50.7 Å². The van der Waals surface area contributed by atoms with Crippen molar-refractivity contribution in [1.29, 1.82) is 0 Å². The normalized spacial score (nSPS) is 21.3. The van der Waals surface area contributed by atoms with E-state index in [2.05, 4.69) is 27.5 Å². The fourth-order valence-electron chi connectivity index (χ4n) is 6.47. The number of nitrogens with one attached hydrogen (secondary N) is 1. The number of hydrogen-bond donors (Lipinski definition) is 1. The molecule has 0 spiro atoms. The number of benzene rings is 1. The van der Waals surface area contributed by atoms with Gasteiger partial charge in [-0.3, -0.25) is 9.30 Å². The molecule has 2 aromatic heterocycles. The highest BCUT2D eigenvalue weighted by atomic mass is 19.1. The Kier molecular flexibility index (Phi) is 7.09. The van der Waals surface area contributed by atoms with Gasteiger partial charge in [0.05, 0.1) is 6.61 Å². The van der Waals surface area contributed by atoms with Crippen molar-refractivity contribution in [2.45, 2.75) is 83.2 Å². The molecule has 3 aromatic rings. The number of aromatic nitrogens is 4. The van der Waals surface area contributed by atoms with Gasteiger partial charge in [-0.25, -0.2) is 9.37 Å². The van der Waals surface area contributed by atoms with Gasteiger partial charge >= 0.3 is 0 Å². The van der Waals surface area contributed by atoms with E-state index < -0.39 is 0 Å². The van der Waals surface area contributed by atoms with Gasteiger partial charge in [-0.15, -0.1) is 10.2 Å². The summed E-state index contributed by atoms with van der Waals surface area (Å²) >= 11 is 0. The molecule has 4 heterocycles. The van der Waals surface area contributed by atoms with Crippen molar-refractivity contribution < 1.29 is 9.13 Å². The second kappa shape index (κ2) is 10.8. The van der Waals surface area contributed by atoms with Crippen LogP contribution in [0, 0.1) is 5.82 Å². The minimum Gasteiger partial charge on any atom is -0.493 e. The minimum atomic E-state index is -0.218. The van der Waals surface area contributed by atoms with E-state index in [0.29, 0.717) is 30.7 Å². The number of nitrogens with zero attached hydrogens (tertiary/aromatic N) is 5. The maximum atomic E-state index is 14.7. The topological polar surface area (TPSA) is 67.6 Å². The van der Waals surface area contributed by atoms with Gasteiger partial charge in [0.15, 0.2) is 5.65 Å². The number of rotatable bonds is 4. The van der Waals surface area contributed by atoms with Crippen LogP contribution >= 0.6 is 0 Å². The third kappa shape index (κ3) is 4.83. The van der Waals surface area contributed by atoms with Crippen molar-refractivity contribution in [2.75, 3.05) is 25.5 Å². The molecule has 1 aliphatic carbocycles. The van der Waals surface area contributed by atoms with Crippen molar-refractivity contribution in [2.24, 2.45) is 0 Å². The average Bonchev–Trinajstić information content (AvgIpc) is 3.57. The third-order valence-corrected chi connectivity index (χ3v) is 8.48. The molecular formula is C29H37FN6O. The van der Waals surface area contributed by atoms with Crippen LogP contribution < -0.4 is 10.1 Å². The molecule has 0 saturated heterocycles. The number of ether oxygens (including phenoxy) is 1. The summed E-state index contributed by atoms with van der Waals surface area (Å²) in [6, 6.07) is 3.70. The smallest absolute Gasteiger partial charge is 0.210 e. The van der Waals surface area contributed by atoms with Crippen molar-refractivity contribution >= 4 is 17.2 Å². The minimum absolute atomic E-state index is 0.218. The molecule has 3 aliphatic rings. The summed E-state index contributed by atoms with van der Waals surface area (Å²) in [5.41, 5.74) is 6.47. The largest absolute Gasteiger partial charge is 0.493 e. The Morgan fingerprint density at radius 2 is 1.89 bits per heavy atom. The number of anilines is 1. The molecular weight excluding hydrogens is 467 g/mol. The highest BCUT2D eigenvalue weighted by Crippen LogP contribution is 2.38. The number of halogens is 1. The summed E-state index contributed by atoms with van der Waals surface area (Å²) in [6.07, 6.45) is 17.0. The molecule has 196 valence electrons. The number of fused-ring (bicyclic) bond motifs is 3. The molecule has 1 fully saturated rings. The molecule has 0 radical (unpaired) electrons. The summed E-state index contributed by atoms with van der Waals surface area (Å²) in [4.78, 5) is 7.36. The predicted octanol–water partition coefficient (Wildman–Crippen LogP) is 5.79. The first-order chi connectivity index (χ1) is 18.2. The van der Waals surface area contributed by atoms with E-state index in [1.807, 2.05) is 10.6 Å². The van der Waals surface area contributed by atoms with Gasteiger partial charge in [0.25, 0.3) is 0 Å². The molecule has 1 unspecified atom stereocenters. The summed E-state index contributed by atoms with van der Waals surface area (Å²) in [5.74, 6) is 1.18. The number of hydrogen-bond acceptors (Lipinski definition) is 6. The van der Waals surface area contributed by atoms with Gasteiger partial charge < -0.3 is 10.1 Å². The Bertz CT molecular complexity index is 1300. The van der Waals surface area contributed by atoms with Crippen LogP contribution in [0.3, 0.4) is 0 Å². The van der Waals surface area contributed by atoms with Crippen molar-refractivity contribution in [3.05, 3.63) is 52.7 Å². The summed E-state index contributed by atoms with van der Waals surface area (Å²) < 4.78 is 22.2. The lowest BCUT2D eigenvalue weighted by molar-refractivity contribution is 0.245. The number of likely N-dealkylation sites (N-methyl/N-ethyl adjacent to an activating group) is 1. The lowest BCUT2D eigenvalue weighted by atomic mass is 9.84. The zero-order valence-corrected chi connectivity index (χ0v) is 21.8. The van der Waals surface area contributed by atoms with Crippen molar-refractivity contribution in [3.8, 4) is 5.75 Å². The van der Waals surface area contributed by atoms with Gasteiger partial charge in [0.2, 0.25) is 5.95 Å². The van der Waals surface area contributed by atoms with E-state index in [9.17, 15) is 4.39 Å². The van der Waals surface area contributed by atoms with E-state index in [4.69, 9.17) is 9.72 Å². The van der Waals surface area contributed by atoms with E-state index >= 15 is 0 Å². The van der Waals surface area contributed by atoms with E-state index in [1.165, 1.54) is 63.0 Å². The van der Waals surface area contributed by atoms with Crippen LogP contribution in [0.15, 0.2) is 30.2 Å². The van der Waals surface area contributed by atoms with Crippen LogP contribution in [0.2, 0.25) is 0 Å². The third-order valence-electron chi connectivity index (χ3n) is 8.48. The molecule has 2 aliphatic heterocycles. The Balaban J connectivity index is 1.33. The predicted molar refractivity (Wildman–Crippen MR) is 143 cm³/mol. The first kappa shape index (κ1) is 24.3. The fraction of sp³-hybridized carbons (Fsp3) is 0.552. The van der Waals surface area contributed by atoms with Gasteiger partial charge in [-0.1, -0.05) is 38.5 Å². The molecule has 0 amide bonds. The van der Waals surface area contributed by atoms with Crippen LogP contribution in [-0.2, 0) is 13.0 Å². The van der Waals surface area contributed by atoms with Crippen LogP contribution in [0.5, 0.6) is 5.75 Å². The second-order valence-corrected chi connectivity index (χ2v) is 10.7. The Morgan fingerprint density at radius 1 is 1.05 bits per heavy atom. The maximum Gasteiger partial charge on any atom is 0.210 e. The Morgan fingerprint density at radius 3 is 2.78 bits per heavy atom. The highest BCUT2D eigenvalue weighted by Gasteiger charge is 2.29. The average molecular weight is 505 g/mol. The van der Waals surface area contributed by atoms with Crippen LogP contribution in [0.1, 0.15) is 80.9 Å². The van der Waals surface area contributed by atoms with Gasteiger partial charge in [0.1, 0.15) is 17.9 Å². The quantitative estimate of drug-likeness (QED) is 0.485. The zero-order valence-electron chi connectivity index (χ0n) is 21.8. The summed E-state index contributed by atoms with van der Waals surface area (Å²) in [7, 11) is 2.28. The molecule has 7 nitrogen and oxygen atoms in total. The lowest BCUT2D eigenvalue weighted by Crippen LogP contribution is -2.38. The van der Waals surface area contributed by atoms with E-state index in [1.54, 1.807) is 18.0 Å². The van der Waals surface area contributed by atoms with Gasteiger partial charge in [-0.2, -0.15) is 0 Å². The summed E-state index contributed by atoms with van der Waals surface area (Å²) in [5, 5.41) is 12.1. The summed E-state index contributed by atoms with van der Waals surface area (Å²) in [6.45, 7) is 1.98. The standard InChI is InChI=1S/C29H37FN6O/c1-35-15-13-20(21-9-7-5-3-2-4-6-8-10-26(21)35)24-18-32-29(36-19-33-34-28(24)36)31-17-23-22-14-16-37-27(22)12-11-25(23)30/h11-12,18-19,26H,2-10,13-17H2,1H3,(H,31,32). The molecule has 6 rings (SSSR count). The van der Waals surface area contributed by atoms with Gasteiger partial charge in [0, 0.05) is 48.4 Å². The van der Waals surface area contributed by atoms with Crippen LogP contribution in [0.25, 0.3) is 11.2 Å². The maximum absolute atomic E-state index is 14.7. The molecule has 1 aromatic carbocycles. The Hall–Kier alpha value is -3.00. The molecule has 1 N–H and O–H groups in total. The lowest BCUT2D eigenvalue weighted by Gasteiger charge is -2.37. The zero-order chi connectivity index (χ0) is 25.2. The van der Waals surface area contributed by atoms with Crippen molar-refractivity contribution in [1.82, 2.24) is 24.5 Å². The monoisotopic (exact) mass is 504 g/mol. The second-order valence-electron chi connectivity index (χ2n) is 10.7. The molecule has 1 saturated carbocycles. The molecule has 8 heteroatoms. The highest BCUT2D eigenvalue weighted by molar-refractivity contribution is 5.79. The molecule has 1 atom stereocenters. The molecule has 37 heavy (non-hydrogen) atoms. The first-order valence-electron chi connectivity index (χ1n) is 14.0.